The molecule has 33 heavy (non-hydrogen) atoms. The number of fused-ring (bicyclic) bond motifs is 2. The molecule has 0 unspecified atom stereocenters. The minimum absolute atomic E-state index is 0. The van der Waals surface area contributed by atoms with Gasteiger partial charge in [0.1, 0.15) is 0 Å². The van der Waals surface area contributed by atoms with Gasteiger partial charge in [-0.05, 0) is 56.6 Å². The first-order valence-electron chi connectivity index (χ1n) is 9.48. The van der Waals surface area contributed by atoms with Crippen molar-refractivity contribution in [3.63, 3.8) is 0 Å². The summed E-state index contributed by atoms with van der Waals surface area (Å²) >= 11 is 0. The van der Waals surface area contributed by atoms with Crippen LogP contribution >= 0.6 is 0 Å². The number of hydrogen-bond acceptors (Lipinski definition) is 4. The molecule has 5 rings (SSSR count). The van der Waals surface area contributed by atoms with E-state index >= 15 is 0 Å². The number of carboxylic acids is 2. The number of hydrogen-bond donors (Lipinski definition) is 4. The van der Waals surface area contributed by atoms with Crippen molar-refractivity contribution in [1.29, 1.82) is 0 Å². The van der Waals surface area contributed by atoms with E-state index in [0.29, 0.717) is 37.7 Å². The molecule has 0 fully saturated rings. The number of benzene rings is 5. The Labute approximate surface area is 214 Å². The Kier molecular flexibility index (Phi) is 5.39. The van der Waals surface area contributed by atoms with Gasteiger partial charge >= 0.3 is 49.2 Å². The predicted molar refractivity (Wildman–Crippen MR) is 119 cm³/mol. The van der Waals surface area contributed by atoms with Gasteiger partial charge in [-0.3, -0.25) is 9.59 Å². The van der Waals surface area contributed by atoms with Crippen molar-refractivity contribution in [3.05, 3.63) is 70.8 Å². The molecule has 0 aliphatic carbocycles. The summed E-state index contributed by atoms with van der Waals surface area (Å²) in [7, 11) is 0. The van der Waals surface area contributed by atoms with Crippen LogP contribution in [-0.4, -0.2) is 34.0 Å². The standard InChI is InChI=1S/C24H14N2O6.Er/c25-21(27)13-5-1-9-11-3-7-15(23(29)30)20-16(24(31)32)8-4-12(18(11)20)10-2-6-14(22(26)28)19(13)17(9)10;/h1-8H,(H2,25,27)(H2,26,28)(H,29,30)(H,31,32);/q;+2. The predicted octanol–water partition coefficient (Wildman–Crippen LogP) is 3.33. The van der Waals surface area contributed by atoms with Gasteiger partial charge in [-0.15, -0.1) is 0 Å². The maximum Gasteiger partial charge on any atom is 2.00 e. The molecule has 6 N–H and O–H groups in total. The average molecular weight is 594 g/mol. The summed E-state index contributed by atoms with van der Waals surface area (Å²) in [4.78, 5) is 48.1. The molecular weight excluding hydrogens is 580 g/mol. The van der Waals surface area contributed by atoms with Crippen molar-refractivity contribution >= 4 is 66.8 Å². The molecule has 0 radical (unpaired) electrons. The number of carboxylic acid groups (broad SMARTS) is 2. The second kappa shape index (κ2) is 7.83. The SMILES string of the molecule is NC(=O)c1ccc2c3ccc(C(=O)O)c4c(C(=O)O)ccc(c5ccc(C(N)=O)c1c25)c43.[Er+2]. The van der Waals surface area contributed by atoms with Crippen molar-refractivity contribution in [2.45, 2.75) is 0 Å². The number of nitrogens with two attached hydrogens (primary N) is 2. The maximum absolute atomic E-state index is 12.1. The zero-order valence-electron chi connectivity index (χ0n) is 16.6. The second-order valence-electron chi connectivity index (χ2n) is 7.48. The molecular formula is C24H14ErN2O6+2. The van der Waals surface area contributed by atoms with Gasteiger partial charge in [0, 0.05) is 21.9 Å². The summed E-state index contributed by atoms with van der Waals surface area (Å²) in [5.41, 5.74) is 11.1. The van der Waals surface area contributed by atoms with E-state index < -0.39 is 23.8 Å². The van der Waals surface area contributed by atoms with Crippen molar-refractivity contribution < 1.29 is 66.7 Å². The van der Waals surface area contributed by atoms with E-state index in [4.69, 9.17) is 11.5 Å². The van der Waals surface area contributed by atoms with E-state index in [1.807, 2.05) is 0 Å². The molecule has 0 spiro atoms. The van der Waals surface area contributed by atoms with Gasteiger partial charge in [0.25, 0.3) is 0 Å². The Hall–Kier alpha value is -3.47. The summed E-state index contributed by atoms with van der Waals surface area (Å²) in [6.45, 7) is 0. The molecule has 8 nitrogen and oxygen atoms in total. The number of carbonyl (C=O) groups excluding carboxylic acids is 2. The monoisotopic (exact) mass is 592 g/mol. The van der Waals surface area contributed by atoms with E-state index in [1.165, 1.54) is 24.3 Å². The van der Waals surface area contributed by atoms with E-state index in [0.717, 1.165) is 0 Å². The first kappa shape index (κ1) is 22.7. The quantitative estimate of drug-likeness (QED) is 0.185. The van der Waals surface area contributed by atoms with Crippen LogP contribution in [0.2, 0.25) is 0 Å². The van der Waals surface area contributed by atoms with Crippen LogP contribution in [0.25, 0.3) is 43.1 Å². The minimum atomic E-state index is -1.25. The molecule has 166 valence electrons. The third-order valence-corrected chi connectivity index (χ3v) is 5.89. The van der Waals surface area contributed by atoms with E-state index in [-0.39, 0.29) is 64.9 Å². The Morgan fingerprint density at radius 3 is 1.03 bits per heavy atom. The minimum Gasteiger partial charge on any atom is -0.478 e. The smallest absolute Gasteiger partial charge is 0.478 e. The van der Waals surface area contributed by atoms with Crippen molar-refractivity contribution in [3.8, 4) is 0 Å². The fraction of sp³-hybridized carbons (Fsp3) is 0. The van der Waals surface area contributed by atoms with Crippen LogP contribution in [0.3, 0.4) is 0 Å². The largest absolute Gasteiger partial charge is 2.00 e. The molecule has 0 aliphatic rings. The van der Waals surface area contributed by atoms with Gasteiger partial charge in [-0.1, -0.05) is 24.3 Å². The van der Waals surface area contributed by atoms with Gasteiger partial charge in [0.05, 0.1) is 11.1 Å². The van der Waals surface area contributed by atoms with Crippen LogP contribution in [0.1, 0.15) is 41.4 Å². The summed E-state index contributed by atoms with van der Waals surface area (Å²) in [5, 5.41) is 23.3. The second-order valence-corrected chi connectivity index (χ2v) is 7.48. The van der Waals surface area contributed by atoms with E-state index in [1.54, 1.807) is 24.3 Å². The zero-order valence-corrected chi connectivity index (χ0v) is 18.4. The third kappa shape index (κ3) is 3.10. The molecule has 0 heterocycles. The molecule has 0 saturated heterocycles. The first-order valence-corrected chi connectivity index (χ1v) is 9.48. The number of primary amides is 2. The molecule has 2 amide bonds. The van der Waals surface area contributed by atoms with Crippen molar-refractivity contribution in [2.24, 2.45) is 11.5 Å². The summed E-state index contributed by atoms with van der Waals surface area (Å²) in [6.07, 6.45) is 0. The zero-order chi connectivity index (χ0) is 22.9. The summed E-state index contributed by atoms with van der Waals surface area (Å²) in [5.74, 6) is -3.95. The van der Waals surface area contributed by atoms with Gasteiger partial charge in [0.15, 0.2) is 0 Å². The van der Waals surface area contributed by atoms with E-state index in [2.05, 4.69) is 0 Å². The Morgan fingerprint density at radius 2 is 0.758 bits per heavy atom. The molecule has 0 aliphatic heterocycles. The Balaban J connectivity index is 0.00000259. The number of rotatable bonds is 4. The van der Waals surface area contributed by atoms with Gasteiger partial charge in [-0.25, -0.2) is 9.59 Å². The molecule has 5 aromatic carbocycles. The van der Waals surface area contributed by atoms with Crippen LogP contribution in [0.4, 0.5) is 0 Å². The number of carbonyl (C=O) groups is 4. The van der Waals surface area contributed by atoms with Crippen LogP contribution in [0, 0.1) is 37.3 Å². The van der Waals surface area contributed by atoms with Crippen molar-refractivity contribution in [2.75, 3.05) is 0 Å². The van der Waals surface area contributed by atoms with Crippen LogP contribution in [-0.2, 0) is 0 Å². The van der Waals surface area contributed by atoms with Crippen LogP contribution in [0.5, 0.6) is 0 Å². The Bertz CT molecular complexity index is 1450. The fourth-order valence-electron chi connectivity index (χ4n) is 4.66. The molecule has 5 aromatic rings. The van der Waals surface area contributed by atoms with Crippen LogP contribution < -0.4 is 11.5 Å². The molecule has 0 aromatic heterocycles. The number of aromatic carboxylic acids is 2. The van der Waals surface area contributed by atoms with Gasteiger partial charge in [-0.2, -0.15) is 0 Å². The van der Waals surface area contributed by atoms with E-state index in [9.17, 15) is 29.4 Å². The van der Waals surface area contributed by atoms with Gasteiger partial charge in [0.2, 0.25) is 11.8 Å². The first-order chi connectivity index (χ1) is 15.2. The fourth-order valence-corrected chi connectivity index (χ4v) is 4.66. The molecule has 0 atom stereocenters. The Morgan fingerprint density at radius 1 is 0.485 bits per heavy atom. The van der Waals surface area contributed by atoms with Crippen LogP contribution in [0.15, 0.2) is 48.5 Å². The van der Waals surface area contributed by atoms with Crippen molar-refractivity contribution in [1.82, 2.24) is 0 Å². The normalized spacial score (nSPS) is 11.2. The molecule has 0 bridgehead atoms. The molecule has 9 heteroatoms. The number of amides is 2. The topological polar surface area (TPSA) is 161 Å². The van der Waals surface area contributed by atoms with Gasteiger partial charge < -0.3 is 21.7 Å². The third-order valence-electron chi connectivity index (χ3n) is 5.89. The molecule has 0 saturated carbocycles. The summed E-state index contributed by atoms with van der Waals surface area (Å²) < 4.78 is 0. The average Bonchev–Trinajstić information content (AvgIpc) is 2.75. The maximum atomic E-state index is 12.1. The summed E-state index contributed by atoms with van der Waals surface area (Å²) in [6, 6.07) is 12.2.